The van der Waals surface area contributed by atoms with Gasteiger partial charge in [0.25, 0.3) is 0 Å². The maximum Gasteiger partial charge on any atom is 0.138 e. The monoisotopic (exact) mass is 213 g/mol. The molecule has 1 atom stereocenters. The Morgan fingerprint density at radius 3 is 3.07 bits per heavy atom. The minimum Gasteiger partial charge on any atom is -0.486 e. The lowest BCUT2D eigenvalue weighted by Crippen LogP contribution is -2.15. The molecule has 14 heavy (non-hydrogen) atoms. The van der Waals surface area contributed by atoms with Crippen molar-refractivity contribution in [1.82, 2.24) is 4.98 Å². The molecule has 1 aliphatic heterocycles. The molecule has 1 aliphatic rings. The fourth-order valence-electron chi connectivity index (χ4n) is 1.36. The maximum absolute atomic E-state index is 5.64. The van der Waals surface area contributed by atoms with Crippen LogP contribution in [0.2, 0.25) is 0 Å². The molecule has 76 valence electrons. The molecular formula is C10H12ClNO2. The van der Waals surface area contributed by atoms with Crippen LogP contribution in [0.4, 0.5) is 0 Å². The van der Waals surface area contributed by atoms with E-state index in [1.54, 1.807) is 6.20 Å². The van der Waals surface area contributed by atoms with Gasteiger partial charge in [-0.15, -0.1) is 11.6 Å². The van der Waals surface area contributed by atoms with Crippen molar-refractivity contribution in [3.05, 3.63) is 24.0 Å². The summed E-state index contributed by atoms with van der Waals surface area (Å²) in [4.78, 5) is 4.14. The lowest BCUT2D eigenvalue weighted by Gasteiger charge is -2.11. The van der Waals surface area contributed by atoms with Crippen molar-refractivity contribution >= 4 is 11.6 Å². The van der Waals surface area contributed by atoms with Crippen LogP contribution in [-0.2, 0) is 10.6 Å². The average Bonchev–Trinajstić information content (AvgIpc) is 2.72. The first-order chi connectivity index (χ1) is 6.88. The normalized spacial score (nSPS) is 21.1. The van der Waals surface area contributed by atoms with Gasteiger partial charge in [0, 0.05) is 6.42 Å². The van der Waals surface area contributed by atoms with Crippen molar-refractivity contribution in [1.29, 1.82) is 0 Å². The van der Waals surface area contributed by atoms with Crippen LogP contribution in [0, 0.1) is 0 Å². The number of halogens is 1. The summed E-state index contributed by atoms with van der Waals surface area (Å²) in [6.07, 6.45) is 2.84. The van der Waals surface area contributed by atoms with E-state index in [2.05, 4.69) is 4.98 Å². The lowest BCUT2D eigenvalue weighted by atomic mass is 10.3. The Hall–Kier alpha value is -0.800. The van der Waals surface area contributed by atoms with Crippen molar-refractivity contribution < 1.29 is 9.47 Å². The number of hydrogen-bond donors (Lipinski definition) is 0. The zero-order valence-corrected chi connectivity index (χ0v) is 8.54. The summed E-state index contributed by atoms with van der Waals surface area (Å²) in [6, 6.07) is 3.77. The van der Waals surface area contributed by atoms with Gasteiger partial charge in [0.15, 0.2) is 0 Å². The van der Waals surface area contributed by atoms with E-state index in [4.69, 9.17) is 21.1 Å². The van der Waals surface area contributed by atoms with Crippen LogP contribution in [0.5, 0.6) is 5.75 Å². The summed E-state index contributed by atoms with van der Waals surface area (Å²) in [5.74, 6) is 1.22. The van der Waals surface area contributed by atoms with Crippen LogP contribution in [0.15, 0.2) is 18.3 Å². The van der Waals surface area contributed by atoms with Gasteiger partial charge in [-0.25, -0.2) is 0 Å². The van der Waals surface area contributed by atoms with E-state index in [0.717, 1.165) is 24.5 Å². The molecule has 0 aromatic carbocycles. The first-order valence-corrected chi connectivity index (χ1v) is 5.17. The zero-order valence-electron chi connectivity index (χ0n) is 7.78. The van der Waals surface area contributed by atoms with E-state index in [-0.39, 0.29) is 6.10 Å². The number of pyridine rings is 1. The van der Waals surface area contributed by atoms with Gasteiger partial charge in [0.05, 0.1) is 31.0 Å². The smallest absolute Gasteiger partial charge is 0.138 e. The van der Waals surface area contributed by atoms with E-state index in [1.807, 2.05) is 12.1 Å². The predicted molar refractivity (Wildman–Crippen MR) is 53.6 cm³/mol. The van der Waals surface area contributed by atoms with E-state index >= 15 is 0 Å². The zero-order chi connectivity index (χ0) is 9.80. The van der Waals surface area contributed by atoms with Crippen molar-refractivity contribution in [3.8, 4) is 5.75 Å². The van der Waals surface area contributed by atoms with E-state index in [0.29, 0.717) is 12.5 Å². The fraction of sp³-hybridized carbons (Fsp3) is 0.500. The Kier molecular flexibility index (Phi) is 3.22. The first-order valence-electron chi connectivity index (χ1n) is 4.64. The molecule has 0 N–H and O–H groups in total. The standard InChI is InChI=1S/C10H12ClNO2/c11-5-8-1-2-9(6-12-8)14-10-3-4-13-7-10/h1-2,6,10H,3-5,7H2. The molecule has 0 amide bonds. The number of nitrogens with zero attached hydrogens (tertiary/aromatic N) is 1. The van der Waals surface area contributed by atoms with Crippen LogP contribution in [-0.4, -0.2) is 24.3 Å². The second-order valence-electron chi connectivity index (χ2n) is 3.22. The van der Waals surface area contributed by atoms with Crippen LogP contribution >= 0.6 is 11.6 Å². The summed E-state index contributed by atoms with van der Waals surface area (Å²) in [6.45, 7) is 1.47. The minimum atomic E-state index is 0.179. The molecule has 0 aliphatic carbocycles. The Morgan fingerprint density at radius 1 is 1.57 bits per heavy atom. The molecule has 3 nitrogen and oxygen atoms in total. The maximum atomic E-state index is 5.64. The number of hydrogen-bond acceptors (Lipinski definition) is 3. The molecule has 1 unspecified atom stereocenters. The topological polar surface area (TPSA) is 31.4 Å². The number of ether oxygens (including phenoxy) is 2. The number of rotatable bonds is 3. The molecular weight excluding hydrogens is 202 g/mol. The van der Waals surface area contributed by atoms with E-state index in [1.165, 1.54) is 0 Å². The predicted octanol–water partition coefficient (Wildman–Crippen LogP) is 1.99. The quantitative estimate of drug-likeness (QED) is 0.720. The molecule has 1 aromatic rings. The van der Waals surface area contributed by atoms with Crippen LogP contribution < -0.4 is 4.74 Å². The molecule has 2 rings (SSSR count). The second-order valence-corrected chi connectivity index (χ2v) is 3.49. The van der Waals surface area contributed by atoms with Crippen LogP contribution in [0.3, 0.4) is 0 Å². The Bertz CT molecular complexity index is 283. The van der Waals surface area contributed by atoms with Gasteiger partial charge in [-0.2, -0.15) is 0 Å². The van der Waals surface area contributed by atoms with Gasteiger partial charge >= 0.3 is 0 Å². The average molecular weight is 214 g/mol. The molecule has 1 saturated heterocycles. The highest BCUT2D eigenvalue weighted by Crippen LogP contribution is 2.16. The van der Waals surface area contributed by atoms with Gasteiger partial charge < -0.3 is 9.47 Å². The van der Waals surface area contributed by atoms with Gasteiger partial charge in [0.2, 0.25) is 0 Å². The molecule has 4 heteroatoms. The Balaban J connectivity index is 1.95. The van der Waals surface area contributed by atoms with Crippen molar-refractivity contribution in [2.45, 2.75) is 18.4 Å². The van der Waals surface area contributed by atoms with E-state index < -0.39 is 0 Å². The van der Waals surface area contributed by atoms with Crippen LogP contribution in [0.25, 0.3) is 0 Å². The van der Waals surface area contributed by atoms with Crippen molar-refractivity contribution in [2.24, 2.45) is 0 Å². The molecule has 0 spiro atoms. The summed E-state index contributed by atoms with van der Waals surface area (Å²) in [5.41, 5.74) is 0.863. The number of alkyl halides is 1. The molecule has 2 heterocycles. The molecule has 0 bridgehead atoms. The number of aromatic nitrogens is 1. The SMILES string of the molecule is ClCc1ccc(OC2CCOC2)cn1. The lowest BCUT2D eigenvalue weighted by molar-refractivity contribution is 0.141. The first kappa shape index (κ1) is 9.74. The highest BCUT2D eigenvalue weighted by atomic mass is 35.5. The van der Waals surface area contributed by atoms with Gasteiger partial charge in [0.1, 0.15) is 11.9 Å². The fourth-order valence-corrected chi connectivity index (χ4v) is 1.52. The molecule has 1 aromatic heterocycles. The van der Waals surface area contributed by atoms with E-state index in [9.17, 15) is 0 Å². The van der Waals surface area contributed by atoms with Gasteiger partial charge in [-0.1, -0.05) is 0 Å². The third-order valence-electron chi connectivity index (χ3n) is 2.13. The third kappa shape index (κ3) is 2.36. The Labute approximate surface area is 88.0 Å². The summed E-state index contributed by atoms with van der Waals surface area (Å²) >= 11 is 5.63. The molecule has 0 radical (unpaired) electrons. The highest BCUT2D eigenvalue weighted by molar-refractivity contribution is 6.16. The third-order valence-corrected chi connectivity index (χ3v) is 2.40. The summed E-state index contributed by atoms with van der Waals surface area (Å²) < 4.78 is 10.9. The summed E-state index contributed by atoms with van der Waals surface area (Å²) in [7, 11) is 0. The van der Waals surface area contributed by atoms with Crippen molar-refractivity contribution in [2.75, 3.05) is 13.2 Å². The Morgan fingerprint density at radius 2 is 2.50 bits per heavy atom. The molecule has 0 saturated carbocycles. The van der Waals surface area contributed by atoms with Gasteiger partial charge in [-0.3, -0.25) is 4.98 Å². The second kappa shape index (κ2) is 4.62. The van der Waals surface area contributed by atoms with Gasteiger partial charge in [-0.05, 0) is 12.1 Å². The van der Waals surface area contributed by atoms with Crippen LogP contribution in [0.1, 0.15) is 12.1 Å². The minimum absolute atomic E-state index is 0.179. The van der Waals surface area contributed by atoms with Crippen molar-refractivity contribution in [3.63, 3.8) is 0 Å². The largest absolute Gasteiger partial charge is 0.486 e. The summed E-state index contributed by atoms with van der Waals surface area (Å²) in [5, 5.41) is 0. The molecule has 1 fully saturated rings. The highest BCUT2D eigenvalue weighted by Gasteiger charge is 2.16.